The number of thiazole rings is 1. The standard InChI is InChI=1S/C27H24Br2N2O6S/c1-5-36-26(34)22-15(3)30-27-31(23(22)17-8-6-14(2)7-9-17)25(33)20(38-27)12-16-10-18(28)24(19(29)11-16)37-13-21(32)35-4/h6-12,23H,5,13H2,1-4H3/b20-12+/t23-/m0/s1. The largest absolute Gasteiger partial charge is 0.480 e. The van der Waals surface area contributed by atoms with Crippen LogP contribution in [-0.2, 0) is 19.1 Å². The summed E-state index contributed by atoms with van der Waals surface area (Å²) in [4.78, 5) is 43.3. The number of carbonyl (C=O) groups excluding carboxylic acids is 2. The fourth-order valence-electron chi connectivity index (χ4n) is 4.00. The molecule has 3 aromatic rings. The van der Waals surface area contributed by atoms with Crippen LogP contribution in [0, 0.1) is 6.92 Å². The second kappa shape index (κ2) is 11.8. The van der Waals surface area contributed by atoms with E-state index < -0.39 is 18.0 Å². The van der Waals surface area contributed by atoms with Gasteiger partial charge in [-0.15, -0.1) is 0 Å². The molecule has 1 aliphatic heterocycles. The van der Waals surface area contributed by atoms with Crippen molar-refractivity contribution in [2.75, 3.05) is 20.3 Å². The number of carbonyl (C=O) groups is 2. The first-order valence-corrected chi connectivity index (χ1v) is 14.0. The maximum atomic E-state index is 13.8. The molecule has 0 radical (unpaired) electrons. The summed E-state index contributed by atoms with van der Waals surface area (Å²) in [6.45, 7) is 5.44. The van der Waals surface area contributed by atoms with E-state index in [0.717, 1.165) is 11.1 Å². The van der Waals surface area contributed by atoms with Gasteiger partial charge in [0.25, 0.3) is 5.56 Å². The lowest BCUT2D eigenvalue weighted by Crippen LogP contribution is -2.39. The topological polar surface area (TPSA) is 96.2 Å². The van der Waals surface area contributed by atoms with Gasteiger partial charge in [-0.1, -0.05) is 41.2 Å². The average molecular weight is 664 g/mol. The van der Waals surface area contributed by atoms with Crippen molar-refractivity contribution in [3.05, 3.63) is 93.0 Å². The molecule has 38 heavy (non-hydrogen) atoms. The summed E-state index contributed by atoms with van der Waals surface area (Å²) >= 11 is 8.18. The molecule has 0 unspecified atom stereocenters. The first kappa shape index (κ1) is 28.0. The Hall–Kier alpha value is -3.02. The van der Waals surface area contributed by atoms with Gasteiger partial charge in [-0.05, 0) is 82.0 Å². The molecule has 0 saturated heterocycles. The van der Waals surface area contributed by atoms with Crippen LogP contribution in [0.2, 0.25) is 0 Å². The Morgan fingerprint density at radius 3 is 2.39 bits per heavy atom. The Labute approximate surface area is 239 Å². The highest BCUT2D eigenvalue weighted by atomic mass is 79.9. The zero-order valence-corrected chi connectivity index (χ0v) is 25.0. The normalized spacial score (nSPS) is 15.1. The molecule has 11 heteroatoms. The van der Waals surface area contributed by atoms with Crippen LogP contribution in [0.1, 0.15) is 36.6 Å². The summed E-state index contributed by atoms with van der Waals surface area (Å²) < 4.78 is 18.7. The minimum Gasteiger partial charge on any atom is -0.480 e. The summed E-state index contributed by atoms with van der Waals surface area (Å²) in [7, 11) is 1.29. The smallest absolute Gasteiger partial charge is 0.343 e. The monoisotopic (exact) mass is 662 g/mol. The Balaban J connectivity index is 1.83. The Morgan fingerprint density at radius 1 is 1.13 bits per heavy atom. The van der Waals surface area contributed by atoms with Gasteiger partial charge in [-0.25, -0.2) is 14.6 Å². The molecule has 0 N–H and O–H groups in total. The molecule has 198 valence electrons. The van der Waals surface area contributed by atoms with E-state index in [1.54, 1.807) is 36.6 Å². The number of aryl methyl sites for hydroxylation is 1. The third-order valence-electron chi connectivity index (χ3n) is 5.79. The van der Waals surface area contributed by atoms with Gasteiger partial charge in [-0.3, -0.25) is 9.36 Å². The zero-order valence-electron chi connectivity index (χ0n) is 21.0. The van der Waals surface area contributed by atoms with Crippen molar-refractivity contribution >= 4 is 61.2 Å². The molecular weight excluding hydrogens is 640 g/mol. The number of rotatable bonds is 7. The van der Waals surface area contributed by atoms with E-state index >= 15 is 0 Å². The zero-order chi connectivity index (χ0) is 27.6. The van der Waals surface area contributed by atoms with E-state index in [4.69, 9.17) is 9.47 Å². The lowest BCUT2D eigenvalue weighted by molar-refractivity contribution is -0.143. The number of nitrogens with zero attached hydrogens (tertiary/aromatic N) is 2. The van der Waals surface area contributed by atoms with Crippen LogP contribution in [0.4, 0.5) is 0 Å². The van der Waals surface area contributed by atoms with Crippen LogP contribution >= 0.6 is 43.2 Å². The van der Waals surface area contributed by atoms with Crippen molar-refractivity contribution in [3.8, 4) is 5.75 Å². The molecule has 0 amide bonds. The van der Waals surface area contributed by atoms with E-state index in [2.05, 4.69) is 41.6 Å². The third kappa shape index (κ3) is 5.69. The van der Waals surface area contributed by atoms with E-state index in [9.17, 15) is 14.4 Å². The molecule has 1 atom stereocenters. The number of allylic oxidation sites excluding steroid dienone is 1. The van der Waals surface area contributed by atoms with Gasteiger partial charge in [0.1, 0.15) is 5.75 Å². The van der Waals surface area contributed by atoms with Gasteiger partial charge in [0, 0.05) is 0 Å². The summed E-state index contributed by atoms with van der Waals surface area (Å²) in [5.74, 6) is -0.568. The van der Waals surface area contributed by atoms with E-state index in [1.807, 2.05) is 31.2 Å². The quantitative estimate of drug-likeness (QED) is 0.352. The van der Waals surface area contributed by atoms with Gasteiger partial charge in [0.15, 0.2) is 11.4 Å². The average Bonchev–Trinajstić information content (AvgIpc) is 3.17. The van der Waals surface area contributed by atoms with Crippen molar-refractivity contribution < 1.29 is 23.8 Å². The highest BCUT2D eigenvalue weighted by molar-refractivity contribution is 9.11. The minimum atomic E-state index is -0.666. The lowest BCUT2D eigenvalue weighted by atomic mass is 9.95. The highest BCUT2D eigenvalue weighted by Crippen LogP contribution is 2.35. The molecule has 8 nitrogen and oxygen atoms in total. The predicted molar refractivity (Wildman–Crippen MR) is 151 cm³/mol. The highest BCUT2D eigenvalue weighted by Gasteiger charge is 2.33. The summed E-state index contributed by atoms with van der Waals surface area (Å²) in [6, 6.07) is 10.6. The predicted octanol–water partition coefficient (Wildman–Crippen LogP) is 4.18. The number of hydrogen-bond acceptors (Lipinski definition) is 8. The number of esters is 2. The van der Waals surface area contributed by atoms with Crippen molar-refractivity contribution in [2.24, 2.45) is 4.99 Å². The fraction of sp³-hybridized carbons (Fsp3) is 0.259. The fourth-order valence-corrected chi connectivity index (χ4v) is 6.50. The molecule has 0 bridgehead atoms. The molecule has 0 aliphatic carbocycles. The first-order valence-electron chi connectivity index (χ1n) is 11.6. The maximum absolute atomic E-state index is 13.8. The van der Waals surface area contributed by atoms with Crippen LogP contribution in [0.15, 0.2) is 66.4 Å². The number of halogens is 2. The summed E-state index contributed by atoms with van der Waals surface area (Å²) in [5.41, 5.74) is 3.15. The van der Waals surface area contributed by atoms with Crippen molar-refractivity contribution in [1.82, 2.24) is 4.57 Å². The van der Waals surface area contributed by atoms with Crippen LogP contribution in [0.3, 0.4) is 0 Å². The second-order valence-electron chi connectivity index (χ2n) is 8.39. The van der Waals surface area contributed by atoms with Gasteiger partial charge in [-0.2, -0.15) is 0 Å². The molecule has 4 rings (SSSR count). The molecule has 2 aromatic carbocycles. The maximum Gasteiger partial charge on any atom is 0.343 e. The van der Waals surface area contributed by atoms with Crippen molar-refractivity contribution in [3.63, 3.8) is 0 Å². The summed E-state index contributed by atoms with van der Waals surface area (Å²) in [5, 5.41) is 0. The summed E-state index contributed by atoms with van der Waals surface area (Å²) in [6.07, 6.45) is 1.75. The van der Waals surface area contributed by atoms with Crippen LogP contribution in [-0.4, -0.2) is 36.8 Å². The number of benzene rings is 2. The van der Waals surface area contributed by atoms with Crippen molar-refractivity contribution in [1.29, 1.82) is 0 Å². The third-order valence-corrected chi connectivity index (χ3v) is 7.95. The minimum absolute atomic E-state index is 0.212. The Bertz CT molecular complexity index is 1600. The molecule has 0 spiro atoms. The number of methoxy groups -OCH3 is 1. The molecule has 1 aromatic heterocycles. The SMILES string of the molecule is CCOC(=O)C1=C(C)N=c2s/c(=C/c3cc(Br)c(OCC(=O)OC)c(Br)c3)c(=O)n2[C@H]1c1ccc(C)cc1. The lowest BCUT2D eigenvalue weighted by Gasteiger charge is -2.24. The van der Waals surface area contributed by atoms with Gasteiger partial charge in [0.2, 0.25) is 0 Å². The number of aromatic nitrogens is 1. The van der Waals surface area contributed by atoms with Gasteiger partial charge in [0.05, 0.1) is 44.5 Å². The number of ether oxygens (including phenoxy) is 3. The number of fused-ring (bicyclic) bond motifs is 1. The molecule has 0 saturated carbocycles. The van der Waals surface area contributed by atoms with E-state index in [0.29, 0.717) is 40.9 Å². The Morgan fingerprint density at radius 2 is 1.79 bits per heavy atom. The molecule has 1 aliphatic rings. The molecule has 2 heterocycles. The van der Waals surface area contributed by atoms with Crippen LogP contribution in [0.5, 0.6) is 5.75 Å². The van der Waals surface area contributed by atoms with Gasteiger partial charge >= 0.3 is 11.9 Å². The number of hydrogen-bond donors (Lipinski definition) is 0. The molecular formula is C27H24Br2N2O6S. The van der Waals surface area contributed by atoms with Gasteiger partial charge < -0.3 is 14.2 Å². The van der Waals surface area contributed by atoms with E-state index in [1.165, 1.54) is 18.4 Å². The van der Waals surface area contributed by atoms with Crippen molar-refractivity contribution in [2.45, 2.75) is 26.8 Å². The van der Waals surface area contributed by atoms with E-state index in [-0.39, 0.29) is 18.8 Å². The molecule has 0 fully saturated rings. The van der Waals surface area contributed by atoms with Crippen LogP contribution in [0.25, 0.3) is 6.08 Å². The second-order valence-corrected chi connectivity index (χ2v) is 11.1. The Kier molecular flexibility index (Phi) is 8.69. The first-order chi connectivity index (χ1) is 18.1. The van der Waals surface area contributed by atoms with Crippen LogP contribution < -0.4 is 19.6 Å².